The number of fused-ring (bicyclic) bond motifs is 1. The molecule has 0 bridgehead atoms. The summed E-state index contributed by atoms with van der Waals surface area (Å²) in [4.78, 5) is 7.60. The molecule has 0 fully saturated rings. The summed E-state index contributed by atoms with van der Waals surface area (Å²) in [6.07, 6.45) is 8.38. The average molecular weight is 323 g/mol. The molecule has 3 aromatic rings. The Morgan fingerprint density at radius 1 is 1.08 bits per heavy atom. The van der Waals surface area contributed by atoms with E-state index >= 15 is 0 Å². The lowest BCUT2D eigenvalue weighted by Gasteiger charge is -2.12. The lowest BCUT2D eigenvalue weighted by molar-refractivity contribution is 0.661. The Balaban J connectivity index is 1.38. The van der Waals surface area contributed by atoms with Crippen molar-refractivity contribution in [2.45, 2.75) is 19.4 Å². The molecule has 3 rings (SSSR count). The second-order valence-corrected chi connectivity index (χ2v) is 5.81. The number of rotatable bonds is 7. The fourth-order valence-electron chi connectivity index (χ4n) is 2.87. The molecule has 0 saturated heterocycles. The molecule has 0 aliphatic heterocycles. The molecule has 3 N–H and O–H groups in total. The number of guanidine groups is 1. The van der Waals surface area contributed by atoms with E-state index in [9.17, 15) is 0 Å². The number of benzene rings is 1. The molecule has 24 heavy (non-hydrogen) atoms. The summed E-state index contributed by atoms with van der Waals surface area (Å²) < 4.78 is 2.15. The van der Waals surface area contributed by atoms with Gasteiger partial charge < -0.3 is 20.2 Å². The summed E-state index contributed by atoms with van der Waals surface area (Å²) in [7, 11) is 1.81. The number of nitrogens with one attached hydrogen (secondary N) is 3. The number of nitrogens with zero attached hydrogens (tertiary/aromatic N) is 2. The quantitative estimate of drug-likeness (QED) is 0.356. The zero-order valence-corrected chi connectivity index (χ0v) is 14.1. The van der Waals surface area contributed by atoms with E-state index in [1.54, 1.807) is 0 Å². The number of aromatic amines is 1. The summed E-state index contributed by atoms with van der Waals surface area (Å²) in [5, 5.41) is 8.05. The first-order chi connectivity index (χ1) is 11.9. The highest BCUT2D eigenvalue weighted by atomic mass is 15.2. The topological polar surface area (TPSA) is 57.1 Å². The number of aryl methyl sites for hydroxylation is 1. The highest BCUT2D eigenvalue weighted by Crippen LogP contribution is 2.18. The van der Waals surface area contributed by atoms with Crippen molar-refractivity contribution >= 4 is 16.9 Å². The summed E-state index contributed by atoms with van der Waals surface area (Å²) in [5.74, 6) is 0.862. The molecule has 126 valence electrons. The third kappa shape index (κ3) is 4.19. The Labute approximate surface area is 142 Å². The maximum atomic E-state index is 4.27. The van der Waals surface area contributed by atoms with Crippen molar-refractivity contribution in [2.75, 3.05) is 20.1 Å². The van der Waals surface area contributed by atoms with E-state index in [1.807, 2.05) is 19.2 Å². The van der Waals surface area contributed by atoms with Crippen LogP contribution in [0.5, 0.6) is 0 Å². The monoisotopic (exact) mass is 323 g/mol. The summed E-state index contributed by atoms with van der Waals surface area (Å²) in [6, 6.07) is 12.5. The first-order valence-corrected chi connectivity index (χ1v) is 8.47. The molecule has 0 aliphatic carbocycles. The van der Waals surface area contributed by atoms with Crippen LogP contribution < -0.4 is 10.6 Å². The lowest BCUT2D eigenvalue weighted by Crippen LogP contribution is -2.39. The van der Waals surface area contributed by atoms with Gasteiger partial charge in [-0.1, -0.05) is 18.2 Å². The second kappa shape index (κ2) is 8.24. The van der Waals surface area contributed by atoms with Crippen LogP contribution in [0.4, 0.5) is 0 Å². The number of aliphatic imine (C=N–C) groups is 1. The molecule has 0 spiro atoms. The van der Waals surface area contributed by atoms with Gasteiger partial charge in [-0.2, -0.15) is 0 Å². The standard InChI is InChI=1S/C19H25N5/c1-20-19(22-11-14-24-12-4-5-13-24)21-10-6-7-16-15-23-18-9-3-2-8-17(16)18/h2-5,8-9,12-13,15,23H,6-7,10-11,14H2,1H3,(H2,20,21,22). The largest absolute Gasteiger partial charge is 0.361 e. The SMILES string of the molecule is CN=C(NCCCc1c[nH]c2ccccc12)NCCn1cccc1. The van der Waals surface area contributed by atoms with Crippen LogP contribution in [-0.4, -0.2) is 35.6 Å². The Morgan fingerprint density at radius 3 is 2.71 bits per heavy atom. The molecule has 0 amide bonds. The fraction of sp³-hybridized carbons (Fsp3) is 0.316. The highest BCUT2D eigenvalue weighted by molar-refractivity contribution is 5.83. The maximum Gasteiger partial charge on any atom is 0.191 e. The van der Waals surface area contributed by atoms with Gasteiger partial charge in [0.25, 0.3) is 0 Å². The molecule has 0 atom stereocenters. The normalized spacial score (nSPS) is 11.8. The lowest BCUT2D eigenvalue weighted by atomic mass is 10.1. The van der Waals surface area contributed by atoms with Gasteiger partial charge in [0.15, 0.2) is 5.96 Å². The Morgan fingerprint density at radius 2 is 1.88 bits per heavy atom. The third-order valence-electron chi connectivity index (χ3n) is 4.14. The molecule has 5 heteroatoms. The smallest absolute Gasteiger partial charge is 0.191 e. The molecular formula is C19H25N5. The van der Waals surface area contributed by atoms with Crippen LogP contribution in [0.2, 0.25) is 0 Å². The molecule has 0 unspecified atom stereocenters. The van der Waals surface area contributed by atoms with Gasteiger partial charge in [-0.15, -0.1) is 0 Å². The number of para-hydroxylation sites is 1. The summed E-state index contributed by atoms with van der Waals surface area (Å²) in [6.45, 7) is 2.70. The van der Waals surface area contributed by atoms with Crippen LogP contribution >= 0.6 is 0 Å². The van der Waals surface area contributed by atoms with Gasteiger partial charge in [-0.3, -0.25) is 4.99 Å². The Hall–Kier alpha value is -2.69. The Bertz CT molecular complexity index is 770. The number of aromatic nitrogens is 2. The van der Waals surface area contributed by atoms with Crippen LogP contribution in [0.15, 0.2) is 60.0 Å². The van der Waals surface area contributed by atoms with Crippen LogP contribution in [-0.2, 0) is 13.0 Å². The first-order valence-electron chi connectivity index (χ1n) is 8.47. The van der Waals surface area contributed by atoms with Crippen molar-refractivity contribution in [3.8, 4) is 0 Å². The van der Waals surface area contributed by atoms with Crippen molar-refractivity contribution in [3.05, 3.63) is 60.6 Å². The van der Waals surface area contributed by atoms with Crippen LogP contribution in [0, 0.1) is 0 Å². The maximum absolute atomic E-state index is 4.27. The van der Waals surface area contributed by atoms with Gasteiger partial charge in [0.2, 0.25) is 0 Å². The van der Waals surface area contributed by atoms with Crippen LogP contribution in [0.25, 0.3) is 10.9 Å². The molecule has 0 radical (unpaired) electrons. The van der Waals surface area contributed by atoms with Crippen molar-refractivity contribution in [1.29, 1.82) is 0 Å². The van der Waals surface area contributed by atoms with Gasteiger partial charge in [-0.05, 0) is 36.6 Å². The van der Waals surface area contributed by atoms with Gasteiger partial charge in [0.1, 0.15) is 0 Å². The van der Waals surface area contributed by atoms with Crippen molar-refractivity contribution in [1.82, 2.24) is 20.2 Å². The molecule has 0 aliphatic rings. The highest BCUT2D eigenvalue weighted by Gasteiger charge is 2.03. The molecule has 1 aromatic carbocycles. The van der Waals surface area contributed by atoms with Gasteiger partial charge in [0.05, 0.1) is 0 Å². The van der Waals surface area contributed by atoms with Crippen molar-refractivity contribution in [2.24, 2.45) is 4.99 Å². The van der Waals surface area contributed by atoms with E-state index in [0.717, 1.165) is 38.4 Å². The zero-order valence-electron chi connectivity index (χ0n) is 14.1. The van der Waals surface area contributed by atoms with E-state index in [4.69, 9.17) is 0 Å². The van der Waals surface area contributed by atoms with Gasteiger partial charge >= 0.3 is 0 Å². The van der Waals surface area contributed by atoms with E-state index in [2.05, 4.69) is 68.0 Å². The third-order valence-corrected chi connectivity index (χ3v) is 4.14. The predicted molar refractivity (Wildman–Crippen MR) is 100 cm³/mol. The van der Waals surface area contributed by atoms with Crippen molar-refractivity contribution in [3.63, 3.8) is 0 Å². The summed E-state index contributed by atoms with van der Waals surface area (Å²) >= 11 is 0. The minimum Gasteiger partial charge on any atom is -0.361 e. The van der Waals surface area contributed by atoms with E-state index in [-0.39, 0.29) is 0 Å². The van der Waals surface area contributed by atoms with Crippen LogP contribution in [0.1, 0.15) is 12.0 Å². The van der Waals surface area contributed by atoms with E-state index in [1.165, 1.54) is 16.5 Å². The molecule has 2 heterocycles. The minimum absolute atomic E-state index is 0.858. The van der Waals surface area contributed by atoms with Gasteiger partial charge in [0, 0.05) is 56.2 Å². The Kier molecular flexibility index (Phi) is 5.56. The van der Waals surface area contributed by atoms with Crippen molar-refractivity contribution < 1.29 is 0 Å². The predicted octanol–water partition coefficient (Wildman–Crippen LogP) is 2.77. The second-order valence-electron chi connectivity index (χ2n) is 5.81. The zero-order chi connectivity index (χ0) is 16.6. The number of hydrogen-bond acceptors (Lipinski definition) is 1. The van der Waals surface area contributed by atoms with Crippen LogP contribution in [0.3, 0.4) is 0 Å². The fourth-order valence-corrected chi connectivity index (χ4v) is 2.87. The molecule has 2 aromatic heterocycles. The van der Waals surface area contributed by atoms with E-state index < -0.39 is 0 Å². The molecular weight excluding hydrogens is 298 g/mol. The summed E-state index contributed by atoms with van der Waals surface area (Å²) in [5.41, 5.74) is 2.59. The van der Waals surface area contributed by atoms with Gasteiger partial charge in [-0.25, -0.2) is 0 Å². The molecule has 0 saturated carbocycles. The number of hydrogen-bond donors (Lipinski definition) is 3. The van der Waals surface area contributed by atoms with E-state index in [0.29, 0.717) is 0 Å². The number of H-pyrrole nitrogens is 1. The first kappa shape index (κ1) is 16.2. The molecule has 5 nitrogen and oxygen atoms in total. The average Bonchev–Trinajstić information content (AvgIpc) is 3.27. The minimum atomic E-state index is 0.858.